The molecule has 0 aliphatic carbocycles. The largest absolute Gasteiger partial charge is 0.289 e. The summed E-state index contributed by atoms with van der Waals surface area (Å²) in [6.45, 7) is 8.01. The van der Waals surface area contributed by atoms with Gasteiger partial charge in [-0.3, -0.25) is 10.2 Å². The molecule has 3 nitrogen and oxygen atoms in total. The summed E-state index contributed by atoms with van der Waals surface area (Å²) in [6.07, 6.45) is 0. The van der Waals surface area contributed by atoms with Gasteiger partial charge in [0, 0.05) is 19.5 Å². The minimum Gasteiger partial charge on any atom is -0.289 e. The number of nitrogens with one attached hydrogen (secondary N) is 1. The molecule has 3 heteroatoms. The molecule has 0 heterocycles. The second kappa shape index (κ2) is 3.90. The van der Waals surface area contributed by atoms with E-state index in [0.717, 1.165) is 0 Å². The number of hydrazine groups is 1. The minimum atomic E-state index is -0.301. The first kappa shape index (κ1) is 11.4. The minimum absolute atomic E-state index is 0.0718. The number of rotatable bonds is 3. The fourth-order valence-corrected chi connectivity index (χ4v) is 0.609. The van der Waals surface area contributed by atoms with Crippen LogP contribution >= 0.6 is 0 Å². The van der Waals surface area contributed by atoms with Gasteiger partial charge < -0.3 is 0 Å². The first-order chi connectivity index (χ1) is 5.28. The highest BCUT2D eigenvalue weighted by molar-refractivity contribution is 5.81. The summed E-state index contributed by atoms with van der Waals surface area (Å²) in [5, 5.41) is 1.67. The fraction of sp³-hybridized carbons (Fsp3) is 0.889. The van der Waals surface area contributed by atoms with Crippen molar-refractivity contribution in [2.45, 2.75) is 27.7 Å². The zero-order valence-electron chi connectivity index (χ0n) is 8.93. The molecule has 0 aliphatic rings. The molecule has 0 saturated heterocycles. The maximum Gasteiger partial charge on any atom is 0.240 e. The zero-order valence-corrected chi connectivity index (χ0v) is 8.93. The van der Waals surface area contributed by atoms with E-state index < -0.39 is 0 Å². The van der Waals surface area contributed by atoms with Crippen LogP contribution in [0.5, 0.6) is 0 Å². The van der Waals surface area contributed by atoms with E-state index in [2.05, 4.69) is 19.3 Å². The number of carbonyl (C=O) groups excluding carboxylic acids is 1. The summed E-state index contributed by atoms with van der Waals surface area (Å²) in [6, 6.07) is 0. The van der Waals surface area contributed by atoms with Gasteiger partial charge in [-0.1, -0.05) is 27.7 Å². The summed E-state index contributed by atoms with van der Waals surface area (Å²) < 4.78 is 0. The van der Waals surface area contributed by atoms with Gasteiger partial charge in [-0.05, 0) is 5.92 Å². The standard InChI is InChI=1S/C9H20N2O/c1-7(2)9(3,4)8(12)10-11(5)6/h7H,1-6H3,(H,10,12). The van der Waals surface area contributed by atoms with Crippen LogP contribution in [0.1, 0.15) is 27.7 Å². The smallest absolute Gasteiger partial charge is 0.240 e. The Balaban J connectivity index is 4.26. The van der Waals surface area contributed by atoms with Crippen LogP contribution in [0.25, 0.3) is 0 Å². The third-order valence-electron chi connectivity index (χ3n) is 2.35. The van der Waals surface area contributed by atoms with Crippen molar-refractivity contribution in [3.63, 3.8) is 0 Å². The fourth-order valence-electron chi connectivity index (χ4n) is 0.609. The molecule has 0 atom stereocenters. The number of hydrogen-bond acceptors (Lipinski definition) is 2. The normalized spacial score (nSPS) is 12.3. The summed E-state index contributed by atoms with van der Waals surface area (Å²) in [5.74, 6) is 0.417. The van der Waals surface area contributed by atoms with Crippen molar-refractivity contribution >= 4 is 5.91 Å². The van der Waals surface area contributed by atoms with Gasteiger partial charge in [0.2, 0.25) is 5.91 Å². The topological polar surface area (TPSA) is 32.3 Å². The number of hydrogen-bond donors (Lipinski definition) is 1. The second-order valence-electron chi connectivity index (χ2n) is 4.21. The lowest BCUT2D eigenvalue weighted by Crippen LogP contribution is -2.46. The van der Waals surface area contributed by atoms with E-state index in [1.807, 2.05) is 27.9 Å². The van der Waals surface area contributed by atoms with E-state index in [0.29, 0.717) is 5.92 Å². The summed E-state index contributed by atoms with van der Waals surface area (Å²) in [4.78, 5) is 11.6. The highest BCUT2D eigenvalue weighted by Crippen LogP contribution is 2.25. The predicted octanol–water partition coefficient (Wildman–Crippen LogP) is 1.26. The lowest BCUT2D eigenvalue weighted by molar-refractivity contribution is -0.135. The Labute approximate surface area is 75.1 Å². The number of carbonyl (C=O) groups is 1. The molecule has 0 aromatic carbocycles. The lowest BCUT2D eigenvalue weighted by Gasteiger charge is -2.29. The van der Waals surface area contributed by atoms with Crippen LogP contribution in [0.15, 0.2) is 0 Å². The van der Waals surface area contributed by atoms with Crippen LogP contribution in [0.2, 0.25) is 0 Å². The average Bonchev–Trinajstić information content (AvgIpc) is 1.85. The van der Waals surface area contributed by atoms with Crippen molar-refractivity contribution < 1.29 is 4.79 Å². The molecule has 0 unspecified atom stereocenters. The second-order valence-corrected chi connectivity index (χ2v) is 4.21. The molecule has 0 rings (SSSR count). The molecule has 0 fully saturated rings. The summed E-state index contributed by atoms with van der Waals surface area (Å²) in [5.41, 5.74) is 2.46. The van der Waals surface area contributed by atoms with Gasteiger partial charge in [0.15, 0.2) is 0 Å². The summed E-state index contributed by atoms with van der Waals surface area (Å²) in [7, 11) is 3.63. The molecule has 0 radical (unpaired) electrons. The third-order valence-corrected chi connectivity index (χ3v) is 2.35. The van der Waals surface area contributed by atoms with E-state index in [9.17, 15) is 4.79 Å². The van der Waals surface area contributed by atoms with Crippen molar-refractivity contribution in [1.29, 1.82) is 0 Å². The Morgan fingerprint density at radius 2 is 1.75 bits per heavy atom. The van der Waals surface area contributed by atoms with Gasteiger partial charge in [-0.25, -0.2) is 5.01 Å². The molecular formula is C9H20N2O. The number of nitrogens with zero attached hydrogens (tertiary/aromatic N) is 1. The van der Waals surface area contributed by atoms with Crippen LogP contribution in [-0.2, 0) is 4.79 Å². The monoisotopic (exact) mass is 172 g/mol. The lowest BCUT2D eigenvalue weighted by atomic mass is 9.80. The molecule has 1 amide bonds. The SMILES string of the molecule is CC(C)C(C)(C)C(=O)NN(C)C. The molecule has 0 aromatic heterocycles. The Bertz CT molecular complexity index is 162. The molecule has 72 valence electrons. The van der Waals surface area contributed by atoms with Crippen molar-refractivity contribution in [2.75, 3.05) is 14.1 Å². The highest BCUT2D eigenvalue weighted by atomic mass is 16.2. The van der Waals surface area contributed by atoms with Crippen LogP contribution in [0, 0.1) is 11.3 Å². The molecule has 0 bridgehead atoms. The van der Waals surface area contributed by atoms with Gasteiger partial charge in [0.25, 0.3) is 0 Å². The van der Waals surface area contributed by atoms with E-state index in [1.165, 1.54) is 0 Å². The van der Waals surface area contributed by atoms with Crippen LogP contribution in [0.4, 0.5) is 0 Å². The van der Waals surface area contributed by atoms with E-state index >= 15 is 0 Å². The molecular weight excluding hydrogens is 152 g/mol. The van der Waals surface area contributed by atoms with Gasteiger partial charge in [0.05, 0.1) is 0 Å². The zero-order chi connectivity index (χ0) is 9.94. The highest BCUT2D eigenvalue weighted by Gasteiger charge is 2.31. The molecule has 0 aliphatic heterocycles. The Morgan fingerprint density at radius 1 is 1.33 bits per heavy atom. The van der Waals surface area contributed by atoms with Gasteiger partial charge in [-0.15, -0.1) is 0 Å². The maximum atomic E-state index is 11.6. The Hall–Kier alpha value is -0.570. The first-order valence-electron chi connectivity index (χ1n) is 4.27. The van der Waals surface area contributed by atoms with Crippen LogP contribution in [0.3, 0.4) is 0 Å². The van der Waals surface area contributed by atoms with Crippen molar-refractivity contribution in [3.05, 3.63) is 0 Å². The quantitative estimate of drug-likeness (QED) is 0.650. The molecule has 0 saturated carbocycles. The first-order valence-corrected chi connectivity index (χ1v) is 4.27. The van der Waals surface area contributed by atoms with Gasteiger partial charge in [-0.2, -0.15) is 0 Å². The maximum absolute atomic E-state index is 11.6. The number of amides is 1. The van der Waals surface area contributed by atoms with E-state index in [1.54, 1.807) is 5.01 Å². The van der Waals surface area contributed by atoms with Gasteiger partial charge >= 0.3 is 0 Å². The average molecular weight is 172 g/mol. The van der Waals surface area contributed by atoms with Gasteiger partial charge in [0.1, 0.15) is 0 Å². The van der Waals surface area contributed by atoms with Crippen molar-refractivity contribution in [2.24, 2.45) is 11.3 Å². The molecule has 0 spiro atoms. The summed E-state index contributed by atoms with van der Waals surface area (Å²) >= 11 is 0. The van der Waals surface area contributed by atoms with E-state index in [4.69, 9.17) is 0 Å². The van der Waals surface area contributed by atoms with Crippen molar-refractivity contribution in [3.8, 4) is 0 Å². The Morgan fingerprint density at radius 3 is 2.00 bits per heavy atom. The van der Waals surface area contributed by atoms with E-state index in [-0.39, 0.29) is 11.3 Å². The third kappa shape index (κ3) is 2.81. The predicted molar refractivity (Wildman–Crippen MR) is 50.4 cm³/mol. The van der Waals surface area contributed by atoms with Crippen LogP contribution < -0.4 is 5.43 Å². The van der Waals surface area contributed by atoms with Crippen molar-refractivity contribution in [1.82, 2.24) is 10.4 Å². The Kier molecular flexibility index (Phi) is 3.71. The van der Waals surface area contributed by atoms with Crippen LogP contribution in [-0.4, -0.2) is 25.0 Å². The molecule has 1 N–H and O–H groups in total. The molecule has 0 aromatic rings. The molecule has 12 heavy (non-hydrogen) atoms.